The molecule has 1 atom stereocenters. The molecular formula is C20H26N4O. The van der Waals surface area contributed by atoms with Crippen molar-refractivity contribution in [3.63, 3.8) is 0 Å². The molecule has 132 valence electrons. The first kappa shape index (κ1) is 16.5. The highest BCUT2D eigenvalue weighted by atomic mass is 16.3. The molecule has 4 rings (SSSR count). The lowest BCUT2D eigenvalue weighted by Gasteiger charge is -2.25. The van der Waals surface area contributed by atoms with E-state index in [1.807, 2.05) is 30.6 Å². The number of hydrogen-bond donors (Lipinski definition) is 1. The van der Waals surface area contributed by atoms with Crippen molar-refractivity contribution in [1.82, 2.24) is 14.9 Å². The third kappa shape index (κ3) is 3.39. The van der Waals surface area contributed by atoms with Crippen molar-refractivity contribution >= 4 is 5.95 Å². The Kier molecular flexibility index (Phi) is 4.44. The maximum absolute atomic E-state index is 11.1. The maximum atomic E-state index is 11.1. The zero-order valence-corrected chi connectivity index (χ0v) is 14.9. The van der Waals surface area contributed by atoms with Crippen LogP contribution in [0, 0.1) is 6.92 Å². The number of aliphatic hydroxyl groups is 1. The largest absolute Gasteiger partial charge is 0.384 e. The first-order valence-corrected chi connectivity index (χ1v) is 9.21. The standard InChI is InChI=1S/C20H26N4O/c1-16-6-2-3-7-18(16)20(25)8-11-23(15-20)14-17-12-21-19(22-13-17)24-9-4-5-10-24/h2-3,6-7,12-13,25H,4-5,8-11,14-15H2,1H3/t20-/m1/s1. The molecule has 1 aromatic heterocycles. The molecule has 25 heavy (non-hydrogen) atoms. The number of aromatic nitrogens is 2. The number of β-amino-alcohol motifs (C(OH)–C–C–N with tert-alkyl or cyclic N) is 1. The van der Waals surface area contributed by atoms with Gasteiger partial charge in [-0.3, -0.25) is 4.90 Å². The van der Waals surface area contributed by atoms with Gasteiger partial charge in [-0.2, -0.15) is 0 Å². The van der Waals surface area contributed by atoms with E-state index in [0.717, 1.165) is 55.2 Å². The average Bonchev–Trinajstić information content (AvgIpc) is 3.27. The van der Waals surface area contributed by atoms with Gasteiger partial charge in [0, 0.05) is 50.7 Å². The van der Waals surface area contributed by atoms with E-state index in [2.05, 4.69) is 32.8 Å². The summed E-state index contributed by atoms with van der Waals surface area (Å²) in [6.07, 6.45) is 7.11. The molecule has 2 fully saturated rings. The van der Waals surface area contributed by atoms with Gasteiger partial charge in [0.25, 0.3) is 0 Å². The van der Waals surface area contributed by atoms with Crippen LogP contribution < -0.4 is 4.90 Å². The molecule has 1 N–H and O–H groups in total. The topological polar surface area (TPSA) is 52.5 Å². The molecule has 0 radical (unpaired) electrons. The molecule has 0 aliphatic carbocycles. The zero-order valence-electron chi connectivity index (χ0n) is 14.9. The van der Waals surface area contributed by atoms with Gasteiger partial charge in [-0.15, -0.1) is 0 Å². The van der Waals surface area contributed by atoms with Crippen molar-refractivity contribution in [2.45, 2.75) is 38.3 Å². The van der Waals surface area contributed by atoms with E-state index in [1.165, 1.54) is 12.8 Å². The molecule has 2 aliphatic heterocycles. The lowest BCUT2D eigenvalue weighted by Crippen LogP contribution is -2.31. The van der Waals surface area contributed by atoms with Gasteiger partial charge in [0.1, 0.15) is 5.60 Å². The second kappa shape index (κ2) is 6.73. The summed E-state index contributed by atoms with van der Waals surface area (Å²) < 4.78 is 0. The van der Waals surface area contributed by atoms with Gasteiger partial charge in [0.05, 0.1) is 0 Å². The Hall–Kier alpha value is -1.98. The number of benzene rings is 1. The number of aryl methyl sites for hydroxylation is 1. The highest BCUT2D eigenvalue weighted by molar-refractivity contribution is 5.33. The number of nitrogens with zero attached hydrogens (tertiary/aromatic N) is 4. The summed E-state index contributed by atoms with van der Waals surface area (Å²) in [7, 11) is 0. The van der Waals surface area contributed by atoms with Crippen LogP contribution in [0.2, 0.25) is 0 Å². The molecule has 1 aromatic carbocycles. The third-order valence-electron chi connectivity index (χ3n) is 5.46. The van der Waals surface area contributed by atoms with Crippen molar-refractivity contribution in [3.8, 4) is 0 Å². The molecule has 5 nitrogen and oxygen atoms in total. The van der Waals surface area contributed by atoms with Crippen LogP contribution in [0.1, 0.15) is 36.0 Å². The fraction of sp³-hybridized carbons (Fsp3) is 0.500. The van der Waals surface area contributed by atoms with Gasteiger partial charge in [-0.05, 0) is 37.3 Å². The predicted octanol–water partition coefficient (Wildman–Crippen LogP) is 2.48. The Morgan fingerprint density at radius 1 is 1.08 bits per heavy atom. The van der Waals surface area contributed by atoms with Gasteiger partial charge in [-0.25, -0.2) is 9.97 Å². The SMILES string of the molecule is Cc1ccccc1[C@@]1(O)CCN(Cc2cnc(N3CCCC3)nc2)C1. The van der Waals surface area contributed by atoms with Gasteiger partial charge in [0.15, 0.2) is 0 Å². The normalized spacial score (nSPS) is 24.2. The number of hydrogen-bond acceptors (Lipinski definition) is 5. The Bertz CT molecular complexity index is 727. The smallest absolute Gasteiger partial charge is 0.225 e. The van der Waals surface area contributed by atoms with Gasteiger partial charge < -0.3 is 10.0 Å². The molecule has 0 saturated carbocycles. The van der Waals surface area contributed by atoms with E-state index in [1.54, 1.807) is 0 Å². The second-order valence-corrected chi connectivity index (χ2v) is 7.39. The van der Waals surface area contributed by atoms with E-state index in [0.29, 0.717) is 6.54 Å². The van der Waals surface area contributed by atoms with E-state index in [4.69, 9.17) is 0 Å². The van der Waals surface area contributed by atoms with Crippen LogP contribution in [0.3, 0.4) is 0 Å². The van der Waals surface area contributed by atoms with Crippen molar-refractivity contribution in [3.05, 3.63) is 53.3 Å². The Morgan fingerprint density at radius 3 is 2.52 bits per heavy atom. The van der Waals surface area contributed by atoms with Crippen LogP contribution in [-0.2, 0) is 12.1 Å². The Morgan fingerprint density at radius 2 is 1.80 bits per heavy atom. The summed E-state index contributed by atoms with van der Waals surface area (Å²) in [6, 6.07) is 8.15. The van der Waals surface area contributed by atoms with Crippen molar-refractivity contribution in [1.29, 1.82) is 0 Å². The number of anilines is 1. The van der Waals surface area contributed by atoms with Gasteiger partial charge in [0.2, 0.25) is 5.95 Å². The summed E-state index contributed by atoms with van der Waals surface area (Å²) in [5.41, 5.74) is 2.57. The Balaban J connectivity index is 1.41. The molecule has 2 aliphatic rings. The van der Waals surface area contributed by atoms with Crippen molar-refractivity contribution < 1.29 is 5.11 Å². The monoisotopic (exact) mass is 338 g/mol. The summed E-state index contributed by atoms with van der Waals surface area (Å²) in [4.78, 5) is 13.6. The fourth-order valence-corrected chi connectivity index (χ4v) is 4.09. The first-order chi connectivity index (χ1) is 12.1. The molecule has 0 amide bonds. The first-order valence-electron chi connectivity index (χ1n) is 9.21. The summed E-state index contributed by atoms with van der Waals surface area (Å²) in [5, 5.41) is 11.1. The lowest BCUT2D eigenvalue weighted by molar-refractivity contribution is 0.0446. The van der Waals surface area contributed by atoms with Crippen LogP contribution in [0.15, 0.2) is 36.7 Å². The molecule has 3 heterocycles. The minimum absolute atomic E-state index is 0.658. The molecule has 5 heteroatoms. The number of rotatable bonds is 4. The number of likely N-dealkylation sites (tertiary alicyclic amines) is 1. The molecule has 2 aromatic rings. The summed E-state index contributed by atoms with van der Waals surface area (Å²) >= 11 is 0. The van der Waals surface area contributed by atoms with Crippen LogP contribution >= 0.6 is 0 Å². The van der Waals surface area contributed by atoms with E-state index < -0.39 is 5.60 Å². The van der Waals surface area contributed by atoms with Crippen LogP contribution in [0.4, 0.5) is 5.95 Å². The highest BCUT2D eigenvalue weighted by Gasteiger charge is 2.38. The van der Waals surface area contributed by atoms with Crippen LogP contribution in [-0.4, -0.2) is 46.2 Å². The van der Waals surface area contributed by atoms with Crippen molar-refractivity contribution in [2.24, 2.45) is 0 Å². The molecule has 0 bridgehead atoms. The average molecular weight is 338 g/mol. The van der Waals surface area contributed by atoms with E-state index in [-0.39, 0.29) is 0 Å². The summed E-state index contributed by atoms with van der Waals surface area (Å²) in [6.45, 7) is 6.53. The van der Waals surface area contributed by atoms with Crippen LogP contribution in [0.25, 0.3) is 0 Å². The van der Waals surface area contributed by atoms with Crippen molar-refractivity contribution in [2.75, 3.05) is 31.1 Å². The fourth-order valence-electron chi connectivity index (χ4n) is 4.09. The minimum atomic E-state index is -0.748. The minimum Gasteiger partial charge on any atom is -0.384 e. The zero-order chi connectivity index (χ0) is 17.3. The Labute approximate surface area is 149 Å². The van der Waals surface area contributed by atoms with Gasteiger partial charge in [-0.1, -0.05) is 24.3 Å². The van der Waals surface area contributed by atoms with E-state index in [9.17, 15) is 5.11 Å². The predicted molar refractivity (Wildman–Crippen MR) is 98.4 cm³/mol. The second-order valence-electron chi connectivity index (χ2n) is 7.39. The van der Waals surface area contributed by atoms with Gasteiger partial charge >= 0.3 is 0 Å². The summed E-state index contributed by atoms with van der Waals surface area (Å²) in [5.74, 6) is 0.846. The van der Waals surface area contributed by atoms with Crippen LogP contribution in [0.5, 0.6) is 0 Å². The lowest BCUT2D eigenvalue weighted by atomic mass is 9.89. The molecule has 0 unspecified atom stereocenters. The third-order valence-corrected chi connectivity index (χ3v) is 5.46. The molecule has 2 saturated heterocycles. The molecular weight excluding hydrogens is 312 g/mol. The quantitative estimate of drug-likeness (QED) is 0.928. The molecule has 0 spiro atoms. The van der Waals surface area contributed by atoms with E-state index >= 15 is 0 Å². The highest BCUT2D eigenvalue weighted by Crippen LogP contribution is 2.34. The maximum Gasteiger partial charge on any atom is 0.225 e.